The number of amides is 1. The molecular weight excluding hydrogens is 753 g/mol. The summed E-state index contributed by atoms with van der Waals surface area (Å²) in [6.07, 6.45) is 3.29. The fraction of sp³-hybridized carbons (Fsp3) is 0.370. The number of carbonyl (C=O) groups is 2. The first kappa shape index (κ1) is 42.2. The number of aryl methyl sites for hydroxylation is 3. The van der Waals surface area contributed by atoms with Gasteiger partial charge in [-0.3, -0.25) is 4.68 Å². The topological polar surface area (TPSA) is 117 Å². The van der Waals surface area contributed by atoms with E-state index >= 15 is 0 Å². The Morgan fingerprint density at radius 2 is 1.64 bits per heavy atom. The molecule has 0 aliphatic carbocycles. The van der Waals surface area contributed by atoms with Crippen LogP contribution < -0.4 is 9.47 Å². The molecule has 0 aliphatic heterocycles. The van der Waals surface area contributed by atoms with E-state index in [4.69, 9.17) is 24.0 Å². The maximum absolute atomic E-state index is 14.1. The number of esters is 1. The number of aromatic nitrogens is 3. The zero-order chi connectivity index (χ0) is 41.4. The summed E-state index contributed by atoms with van der Waals surface area (Å²) in [5, 5.41) is 18.6. The molecule has 11 nitrogen and oxygen atoms in total. The molecule has 2 heterocycles. The summed E-state index contributed by atoms with van der Waals surface area (Å²) in [7, 11) is 3.52. The number of aliphatic hydroxyl groups excluding tert-OH is 1. The highest BCUT2D eigenvalue weighted by molar-refractivity contribution is 7.98. The van der Waals surface area contributed by atoms with Crippen LogP contribution in [0.15, 0.2) is 89.8 Å². The van der Waals surface area contributed by atoms with Gasteiger partial charge in [0.05, 0.1) is 31.0 Å². The number of nitrogens with zero attached hydrogens (tertiary/aromatic N) is 4. The quantitative estimate of drug-likeness (QED) is 0.0547. The van der Waals surface area contributed by atoms with Gasteiger partial charge in [-0.2, -0.15) is 5.10 Å². The van der Waals surface area contributed by atoms with Crippen molar-refractivity contribution in [2.45, 2.75) is 77.2 Å². The van der Waals surface area contributed by atoms with Crippen molar-refractivity contribution in [3.05, 3.63) is 108 Å². The minimum absolute atomic E-state index is 0.155. The molecule has 1 N–H and O–H groups in total. The van der Waals surface area contributed by atoms with E-state index in [2.05, 4.69) is 18.2 Å². The van der Waals surface area contributed by atoms with Gasteiger partial charge in [0.25, 0.3) is 0 Å². The highest BCUT2D eigenvalue weighted by Crippen LogP contribution is 2.39. The lowest BCUT2D eigenvalue weighted by atomic mass is 9.98. The Morgan fingerprint density at radius 3 is 2.36 bits per heavy atom. The van der Waals surface area contributed by atoms with Gasteiger partial charge < -0.3 is 33.5 Å². The van der Waals surface area contributed by atoms with Gasteiger partial charge in [-0.15, -0.1) is 11.8 Å². The lowest BCUT2D eigenvalue weighted by Gasteiger charge is -2.24. The SMILES string of the molecule is CCOC(=O)c1c(CCCOc2cccc3ccccc23)c2cccc(-c3c(COc4ccc(SC)cc4)nn(C)c3CO)c2n1CCCN(C)C(=O)OC(C)(C)C. The second-order valence-corrected chi connectivity index (χ2v) is 16.0. The van der Waals surface area contributed by atoms with E-state index in [-0.39, 0.29) is 19.8 Å². The van der Waals surface area contributed by atoms with Crippen LogP contribution in [0.25, 0.3) is 32.8 Å². The second-order valence-electron chi connectivity index (χ2n) is 15.1. The summed E-state index contributed by atoms with van der Waals surface area (Å²) < 4.78 is 27.7. The molecule has 6 aromatic rings. The number of benzene rings is 4. The number of thioether (sulfide) groups is 1. The number of aliphatic hydroxyl groups is 1. The summed E-state index contributed by atoms with van der Waals surface area (Å²) in [4.78, 5) is 29.7. The largest absolute Gasteiger partial charge is 0.493 e. The number of hydrogen-bond donors (Lipinski definition) is 1. The van der Waals surface area contributed by atoms with Crippen LogP contribution in [-0.2, 0) is 42.7 Å². The Morgan fingerprint density at radius 1 is 0.914 bits per heavy atom. The molecule has 0 saturated carbocycles. The molecule has 4 aromatic carbocycles. The number of hydrogen-bond acceptors (Lipinski definition) is 9. The minimum atomic E-state index is -0.631. The van der Waals surface area contributed by atoms with Gasteiger partial charge >= 0.3 is 12.1 Å². The fourth-order valence-electron chi connectivity index (χ4n) is 7.28. The van der Waals surface area contributed by atoms with Crippen LogP contribution in [0.1, 0.15) is 68.0 Å². The standard InChI is InChI=1S/C46H54N4O7S/c1-8-54-44(52)43-36(20-13-28-55-40-21-11-16-31-15-9-10-17-34(31)40)35-18-12-19-37(42(35)50(43)27-14-26-48(5)45(53)57-46(2,3)4)41-38(47-49(6)39(41)29-51)30-56-32-22-24-33(58-7)25-23-32/h9-12,15-19,21-25,51H,8,13-14,20,26-30H2,1-7H3. The van der Waals surface area contributed by atoms with Crippen molar-refractivity contribution in [3.8, 4) is 22.6 Å². The molecule has 0 spiro atoms. The smallest absolute Gasteiger partial charge is 0.410 e. The number of ether oxygens (including phenoxy) is 4. The molecule has 0 unspecified atom stereocenters. The van der Waals surface area contributed by atoms with Gasteiger partial charge in [0.15, 0.2) is 0 Å². The summed E-state index contributed by atoms with van der Waals surface area (Å²) in [5.74, 6) is 1.08. The second kappa shape index (κ2) is 18.9. The summed E-state index contributed by atoms with van der Waals surface area (Å²) in [6.45, 7) is 8.62. The molecule has 0 fully saturated rings. The zero-order valence-electron chi connectivity index (χ0n) is 34.5. The number of fused-ring (bicyclic) bond motifs is 2. The van der Waals surface area contributed by atoms with Crippen molar-refractivity contribution in [1.29, 1.82) is 0 Å². The van der Waals surface area contributed by atoms with E-state index in [1.807, 2.05) is 105 Å². The maximum atomic E-state index is 14.1. The Kier molecular flexibility index (Phi) is 13.7. The molecule has 0 radical (unpaired) electrons. The van der Waals surface area contributed by atoms with E-state index < -0.39 is 17.7 Å². The third kappa shape index (κ3) is 9.62. The lowest BCUT2D eigenvalue weighted by molar-refractivity contribution is 0.0294. The first-order valence-corrected chi connectivity index (χ1v) is 20.9. The average molecular weight is 807 g/mol. The monoisotopic (exact) mass is 806 g/mol. The predicted molar refractivity (Wildman–Crippen MR) is 230 cm³/mol. The molecular formula is C46H54N4O7S. The first-order valence-electron chi connectivity index (χ1n) is 19.7. The van der Waals surface area contributed by atoms with Gasteiger partial charge in [0.1, 0.15) is 35.1 Å². The fourth-order valence-corrected chi connectivity index (χ4v) is 7.69. The van der Waals surface area contributed by atoms with Gasteiger partial charge in [-0.05, 0) is 94.5 Å². The molecule has 58 heavy (non-hydrogen) atoms. The van der Waals surface area contributed by atoms with E-state index in [0.29, 0.717) is 61.8 Å². The van der Waals surface area contributed by atoms with Crippen LogP contribution >= 0.6 is 11.8 Å². The van der Waals surface area contributed by atoms with Crippen LogP contribution in [0, 0.1) is 0 Å². The number of para-hydroxylation sites is 1. The predicted octanol–water partition coefficient (Wildman–Crippen LogP) is 9.43. The lowest BCUT2D eigenvalue weighted by Crippen LogP contribution is -2.35. The van der Waals surface area contributed by atoms with Gasteiger partial charge in [-0.25, -0.2) is 9.59 Å². The minimum Gasteiger partial charge on any atom is -0.493 e. The van der Waals surface area contributed by atoms with E-state index in [1.54, 1.807) is 35.3 Å². The van der Waals surface area contributed by atoms with E-state index in [1.165, 1.54) is 0 Å². The first-order chi connectivity index (χ1) is 27.9. The van der Waals surface area contributed by atoms with Crippen molar-refractivity contribution in [3.63, 3.8) is 0 Å². The van der Waals surface area contributed by atoms with Crippen LogP contribution in [0.4, 0.5) is 4.79 Å². The van der Waals surface area contributed by atoms with E-state index in [9.17, 15) is 14.7 Å². The summed E-state index contributed by atoms with van der Waals surface area (Å²) in [5.41, 5.74) is 4.28. The molecule has 2 aromatic heterocycles. The average Bonchev–Trinajstić information content (AvgIpc) is 3.71. The molecule has 0 atom stereocenters. The van der Waals surface area contributed by atoms with E-state index in [0.717, 1.165) is 49.0 Å². The Bertz CT molecular complexity index is 2360. The molecule has 306 valence electrons. The highest BCUT2D eigenvalue weighted by Gasteiger charge is 2.29. The van der Waals surface area contributed by atoms with Crippen LogP contribution in [0.5, 0.6) is 11.5 Å². The number of carbonyl (C=O) groups excluding carboxylic acids is 2. The van der Waals surface area contributed by atoms with Crippen molar-refractivity contribution in [2.75, 3.05) is 33.1 Å². The van der Waals surface area contributed by atoms with Crippen LogP contribution in [0.3, 0.4) is 0 Å². The van der Waals surface area contributed by atoms with Crippen molar-refractivity contribution < 1.29 is 33.6 Å². The Balaban J connectivity index is 1.41. The highest BCUT2D eigenvalue weighted by atomic mass is 32.2. The van der Waals surface area contributed by atoms with Gasteiger partial charge in [-0.1, -0.05) is 54.6 Å². The van der Waals surface area contributed by atoms with Gasteiger partial charge in [0.2, 0.25) is 0 Å². The Labute approximate surface area is 344 Å². The van der Waals surface area contributed by atoms with Crippen molar-refractivity contribution >= 4 is 45.5 Å². The zero-order valence-corrected chi connectivity index (χ0v) is 35.4. The number of rotatable bonds is 17. The molecule has 1 amide bonds. The molecule has 6 rings (SSSR count). The van der Waals surface area contributed by atoms with Crippen molar-refractivity contribution in [1.82, 2.24) is 19.2 Å². The maximum Gasteiger partial charge on any atom is 0.410 e. The van der Waals surface area contributed by atoms with Crippen LogP contribution in [0.2, 0.25) is 0 Å². The molecule has 0 bridgehead atoms. The molecule has 12 heteroatoms. The molecule has 0 saturated heterocycles. The van der Waals surface area contributed by atoms with Crippen LogP contribution in [-0.4, -0.2) is 75.1 Å². The normalized spacial score (nSPS) is 11.6. The van der Waals surface area contributed by atoms with Gasteiger partial charge in [0, 0.05) is 54.0 Å². The molecule has 0 aliphatic rings. The Hall–Kier alpha value is -5.46. The van der Waals surface area contributed by atoms with Crippen molar-refractivity contribution in [2.24, 2.45) is 7.05 Å². The third-order valence-corrected chi connectivity index (χ3v) is 10.7. The third-order valence-electron chi connectivity index (χ3n) is 9.91. The summed E-state index contributed by atoms with van der Waals surface area (Å²) in [6, 6.07) is 28.1. The summed E-state index contributed by atoms with van der Waals surface area (Å²) >= 11 is 1.66.